The maximum Gasteiger partial charge on any atom is 0.416 e. The van der Waals surface area contributed by atoms with Gasteiger partial charge in [-0.1, -0.05) is 36.4 Å². The van der Waals surface area contributed by atoms with Crippen LogP contribution in [0.25, 0.3) is 0 Å². The van der Waals surface area contributed by atoms with Crippen LogP contribution in [0.4, 0.5) is 13.2 Å². The van der Waals surface area contributed by atoms with Crippen LogP contribution in [-0.4, -0.2) is 0 Å². The van der Waals surface area contributed by atoms with E-state index in [0.717, 1.165) is 24.1 Å². The molecule has 0 aliphatic heterocycles. The highest BCUT2D eigenvalue weighted by Crippen LogP contribution is 2.31. The van der Waals surface area contributed by atoms with Crippen molar-refractivity contribution in [1.29, 1.82) is 0 Å². The molecule has 1 unspecified atom stereocenters. The smallest absolute Gasteiger partial charge is 0.166 e. The van der Waals surface area contributed by atoms with E-state index in [1.165, 1.54) is 0 Å². The number of alkyl halides is 3. The van der Waals surface area contributed by atoms with Gasteiger partial charge in [-0.3, -0.25) is 0 Å². The average Bonchev–Trinajstić information content (AvgIpc) is 2.29. The summed E-state index contributed by atoms with van der Waals surface area (Å²) in [6.45, 7) is 0. The summed E-state index contributed by atoms with van der Waals surface area (Å²) in [6, 6.07) is 5.39. The fourth-order valence-electron chi connectivity index (χ4n) is 1.75. The fraction of sp³-hybridized carbons (Fsp3) is 0.231. The lowest BCUT2D eigenvalue weighted by molar-refractivity contribution is -0.137. The molecule has 0 N–H and O–H groups in total. The Labute approximate surface area is 92.1 Å². The third kappa shape index (κ3) is 2.35. The molecule has 0 aromatic heterocycles. The molecule has 1 atom stereocenters. The van der Waals surface area contributed by atoms with Gasteiger partial charge in [0.2, 0.25) is 0 Å². The maximum absolute atomic E-state index is 12.3. The summed E-state index contributed by atoms with van der Waals surface area (Å²) < 4.78 is 37.0. The summed E-state index contributed by atoms with van der Waals surface area (Å²) in [7, 11) is 0. The molecule has 0 heterocycles. The molecule has 1 aliphatic rings. The molecule has 1 aliphatic carbocycles. The molecule has 2 rings (SSSR count). The molecule has 1 aromatic carbocycles. The van der Waals surface area contributed by atoms with Crippen molar-refractivity contribution in [3.63, 3.8) is 0 Å². The zero-order chi connectivity index (χ0) is 11.6. The van der Waals surface area contributed by atoms with E-state index < -0.39 is 11.7 Å². The Morgan fingerprint density at radius 2 is 1.69 bits per heavy atom. The van der Waals surface area contributed by atoms with Crippen molar-refractivity contribution in [3.8, 4) is 0 Å². The van der Waals surface area contributed by atoms with E-state index in [9.17, 15) is 13.2 Å². The first-order valence-electron chi connectivity index (χ1n) is 5.08. The van der Waals surface area contributed by atoms with Crippen molar-refractivity contribution in [3.05, 3.63) is 59.7 Å². The third-order valence-corrected chi connectivity index (χ3v) is 2.65. The molecule has 3 heteroatoms. The normalized spacial score (nSPS) is 20.1. The van der Waals surface area contributed by atoms with Gasteiger partial charge in [0.1, 0.15) is 0 Å². The summed E-state index contributed by atoms with van der Waals surface area (Å²) in [6.07, 6.45) is 4.49. The van der Waals surface area contributed by atoms with Crippen molar-refractivity contribution < 1.29 is 13.2 Å². The minimum atomic E-state index is -4.25. The monoisotopic (exact) mass is 224 g/mol. The van der Waals surface area contributed by atoms with Crippen LogP contribution in [-0.2, 0) is 6.18 Å². The summed E-state index contributed by atoms with van der Waals surface area (Å²) in [5, 5.41) is 0. The molecule has 0 spiro atoms. The van der Waals surface area contributed by atoms with Gasteiger partial charge < -0.3 is 0 Å². The molecule has 0 radical (unpaired) electrons. The second-order valence-electron chi connectivity index (χ2n) is 3.78. The van der Waals surface area contributed by atoms with Crippen LogP contribution in [0, 0.1) is 0 Å². The Kier molecular flexibility index (Phi) is 2.86. The molecule has 0 amide bonds. The lowest BCUT2D eigenvalue weighted by atomic mass is 9.92. The van der Waals surface area contributed by atoms with Crippen molar-refractivity contribution in [2.24, 2.45) is 0 Å². The standard InChI is InChI=1S/C13H11F3/c14-13(15,16)12-8-6-11(7-9-12)10-4-2-1-3-5-10/h1-4,6-10H,5H2. The number of hydrogen-bond acceptors (Lipinski definition) is 0. The van der Waals surface area contributed by atoms with Gasteiger partial charge in [-0.25, -0.2) is 0 Å². The topological polar surface area (TPSA) is 0 Å². The quantitative estimate of drug-likeness (QED) is 0.667. The SMILES string of the molecule is FC(F)(F)c1ccc(C2C=CC=CC2)cc1. The van der Waals surface area contributed by atoms with Crippen molar-refractivity contribution in [1.82, 2.24) is 0 Å². The van der Waals surface area contributed by atoms with Gasteiger partial charge in [-0.15, -0.1) is 0 Å². The molecule has 84 valence electrons. The van der Waals surface area contributed by atoms with Gasteiger partial charge in [-0.2, -0.15) is 13.2 Å². The van der Waals surface area contributed by atoms with Crippen LogP contribution in [0.5, 0.6) is 0 Å². The Balaban J connectivity index is 2.19. The summed E-state index contributed by atoms with van der Waals surface area (Å²) in [5.41, 5.74) is 0.334. The molecular formula is C13H11F3. The Morgan fingerprint density at radius 3 is 2.19 bits per heavy atom. The van der Waals surface area contributed by atoms with Gasteiger partial charge in [0, 0.05) is 5.92 Å². The lowest BCUT2D eigenvalue weighted by Crippen LogP contribution is -2.05. The number of benzene rings is 1. The largest absolute Gasteiger partial charge is 0.416 e. The molecule has 0 fully saturated rings. The van der Waals surface area contributed by atoms with Gasteiger partial charge in [0.25, 0.3) is 0 Å². The zero-order valence-corrected chi connectivity index (χ0v) is 8.54. The number of allylic oxidation sites excluding steroid dienone is 4. The summed E-state index contributed by atoms with van der Waals surface area (Å²) in [5.74, 6) is 0.201. The van der Waals surface area contributed by atoms with Crippen molar-refractivity contribution in [2.75, 3.05) is 0 Å². The van der Waals surface area contributed by atoms with Crippen LogP contribution >= 0.6 is 0 Å². The van der Waals surface area contributed by atoms with Crippen LogP contribution in [0.3, 0.4) is 0 Å². The number of hydrogen-bond donors (Lipinski definition) is 0. The van der Waals surface area contributed by atoms with Gasteiger partial charge in [0.15, 0.2) is 0 Å². The highest BCUT2D eigenvalue weighted by Gasteiger charge is 2.30. The highest BCUT2D eigenvalue weighted by atomic mass is 19.4. The molecule has 0 saturated heterocycles. The van der Waals surface area contributed by atoms with Crippen LogP contribution in [0.15, 0.2) is 48.6 Å². The van der Waals surface area contributed by atoms with E-state index >= 15 is 0 Å². The number of rotatable bonds is 1. The average molecular weight is 224 g/mol. The Hall–Kier alpha value is -1.51. The fourth-order valence-corrected chi connectivity index (χ4v) is 1.75. The highest BCUT2D eigenvalue weighted by molar-refractivity contribution is 5.32. The third-order valence-electron chi connectivity index (χ3n) is 2.65. The van der Waals surface area contributed by atoms with E-state index in [1.807, 2.05) is 24.3 Å². The second-order valence-corrected chi connectivity index (χ2v) is 3.78. The second kappa shape index (κ2) is 4.16. The van der Waals surface area contributed by atoms with Gasteiger partial charge >= 0.3 is 6.18 Å². The van der Waals surface area contributed by atoms with Crippen LogP contribution < -0.4 is 0 Å². The van der Waals surface area contributed by atoms with E-state index in [1.54, 1.807) is 12.1 Å². The first kappa shape index (κ1) is 11.0. The number of halogens is 3. The minimum Gasteiger partial charge on any atom is -0.166 e. The van der Waals surface area contributed by atoms with Crippen LogP contribution in [0.2, 0.25) is 0 Å². The van der Waals surface area contributed by atoms with Crippen molar-refractivity contribution >= 4 is 0 Å². The van der Waals surface area contributed by atoms with Crippen LogP contribution in [0.1, 0.15) is 23.5 Å². The predicted molar refractivity (Wildman–Crippen MR) is 57.1 cm³/mol. The molecule has 0 saturated carbocycles. The first-order valence-corrected chi connectivity index (χ1v) is 5.08. The molecule has 1 aromatic rings. The molecule has 0 nitrogen and oxygen atoms in total. The molecular weight excluding hydrogens is 213 g/mol. The Morgan fingerprint density at radius 1 is 1.00 bits per heavy atom. The summed E-state index contributed by atoms with van der Waals surface area (Å²) in [4.78, 5) is 0. The van der Waals surface area contributed by atoms with E-state index in [-0.39, 0.29) is 5.92 Å². The zero-order valence-electron chi connectivity index (χ0n) is 8.54. The van der Waals surface area contributed by atoms with Crippen molar-refractivity contribution in [2.45, 2.75) is 18.5 Å². The predicted octanol–water partition coefficient (Wildman–Crippen LogP) is 4.31. The van der Waals surface area contributed by atoms with E-state index in [4.69, 9.17) is 0 Å². The van der Waals surface area contributed by atoms with Gasteiger partial charge in [0.05, 0.1) is 5.56 Å². The van der Waals surface area contributed by atoms with E-state index in [0.29, 0.717) is 0 Å². The molecule has 16 heavy (non-hydrogen) atoms. The Bertz CT molecular complexity index is 410. The first-order chi connectivity index (χ1) is 7.57. The lowest BCUT2D eigenvalue weighted by Gasteiger charge is -2.14. The maximum atomic E-state index is 12.3. The van der Waals surface area contributed by atoms with E-state index in [2.05, 4.69) is 0 Å². The molecule has 0 bridgehead atoms. The minimum absolute atomic E-state index is 0.201. The van der Waals surface area contributed by atoms with Gasteiger partial charge in [-0.05, 0) is 24.1 Å². The summed E-state index contributed by atoms with van der Waals surface area (Å²) >= 11 is 0.